The SMILES string of the molecule is Cc1ccc(-n2nc(N)c(N)c2N)cc1.Nc1ccccc1. The quantitative estimate of drug-likeness (QED) is 0.513. The van der Waals surface area contributed by atoms with Crippen molar-refractivity contribution >= 4 is 23.0 Å². The van der Waals surface area contributed by atoms with E-state index in [1.807, 2.05) is 61.5 Å². The highest BCUT2D eigenvalue weighted by molar-refractivity contribution is 5.73. The van der Waals surface area contributed by atoms with Gasteiger partial charge in [-0.25, -0.2) is 4.68 Å². The topological polar surface area (TPSA) is 122 Å². The summed E-state index contributed by atoms with van der Waals surface area (Å²) in [5.41, 5.74) is 25.5. The number of benzene rings is 2. The predicted octanol–water partition coefficient (Wildman–Crippen LogP) is 2.20. The maximum Gasteiger partial charge on any atom is 0.171 e. The van der Waals surface area contributed by atoms with Crippen LogP contribution in [0.1, 0.15) is 5.56 Å². The van der Waals surface area contributed by atoms with Crippen LogP contribution in [-0.4, -0.2) is 9.78 Å². The number of anilines is 4. The fraction of sp³-hybridized carbons (Fsp3) is 0.0625. The Morgan fingerprint density at radius 2 is 1.41 bits per heavy atom. The van der Waals surface area contributed by atoms with Gasteiger partial charge in [-0.1, -0.05) is 35.9 Å². The van der Waals surface area contributed by atoms with Gasteiger partial charge in [-0.2, -0.15) is 0 Å². The zero-order valence-corrected chi connectivity index (χ0v) is 12.4. The summed E-state index contributed by atoms with van der Waals surface area (Å²) in [7, 11) is 0. The molecule has 3 aromatic rings. The molecule has 0 spiro atoms. The lowest BCUT2D eigenvalue weighted by Gasteiger charge is -2.03. The molecule has 0 bridgehead atoms. The average molecular weight is 296 g/mol. The highest BCUT2D eigenvalue weighted by Crippen LogP contribution is 2.24. The summed E-state index contributed by atoms with van der Waals surface area (Å²) in [5, 5.41) is 4.05. The smallest absolute Gasteiger partial charge is 0.171 e. The number of hydrogen-bond acceptors (Lipinski definition) is 5. The summed E-state index contributed by atoms with van der Waals surface area (Å²) in [5.74, 6) is 0.629. The first kappa shape index (κ1) is 15.2. The first-order chi connectivity index (χ1) is 10.5. The van der Waals surface area contributed by atoms with Gasteiger partial charge < -0.3 is 22.9 Å². The Labute approximate surface area is 129 Å². The van der Waals surface area contributed by atoms with Crippen molar-refractivity contribution in [3.05, 3.63) is 60.2 Å². The van der Waals surface area contributed by atoms with Crippen molar-refractivity contribution in [1.29, 1.82) is 0 Å². The molecule has 0 aliphatic carbocycles. The van der Waals surface area contributed by atoms with E-state index in [-0.39, 0.29) is 5.82 Å². The maximum atomic E-state index is 5.77. The van der Waals surface area contributed by atoms with Crippen LogP contribution in [0.15, 0.2) is 54.6 Å². The molecule has 0 amide bonds. The zero-order valence-electron chi connectivity index (χ0n) is 12.4. The molecule has 1 heterocycles. The molecule has 0 saturated heterocycles. The summed E-state index contributed by atoms with van der Waals surface area (Å²) in [6.07, 6.45) is 0. The van der Waals surface area contributed by atoms with Crippen molar-refractivity contribution in [3.8, 4) is 5.69 Å². The second kappa shape index (κ2) is 6.53. The van der Waals surface area contributed by atoms with Gasteiger partial charge in [0, 0.05) is 5.69 Å². The molecule has 3 rings (SSSR count). The molecule has 0 unspecified atom stereocenters. The first-order valence-electron chi connectivity index (χ1n) is 6.76. The number of hydrogen-bond donors (Lipinski definition) is 4. The molecule has 6 heteroatoms. The van der Waals surface area contributed by atoms with E-state index in [9.17, 15) is 0 Å². The van der Waals surface area contributed by atoms with Crippen LogP contribution in [0, 0.1) is 6.92 Å². The van der Waals surface area contributed by atoms with Gasteiger partial charge in [0.15, 0.2) is 11.6 Å². The van der Waals surface area contributed by atoms with Gasteiger partial charge in [0.2, 0.25) is 0 Å². The van der Waals surface area contributed by atoms with Crippen LogP contribution in [0.3, 0.4) is 0 Å². The molecule has 0 aliphatic rings. The lowest BCUT2D eigenvalue weighted by molar-refractivity contribution is 0.896. The van der Waals surface area contributed by atoms with Gasteiger partial charge in [-0.3, -0.25) is 0 Å². The fourth-order valence-corrected chi connectivity index (χ4v) is 1.80. The van der Waals surface area contributed by atoms with Gasteiger partial charge in [0.25, 0.3) is 0 Å². The number of para-hydroxylation sites is 1. The van der Waals surface area contributed by atoms with Gasteiger partial charge in [0.05, 0.1) is 5.69 Å². The molecule has 0 radical (unpaired) electrons. The third-order valence-corrected chi connectivity index (χ3v) is 3.07. The molecule has 1 aromatic heterocycles. The maximum absolute atomic E-state index is 5.77. The Hall–Kier alpha value is -3.15. The van der Waals surface area contributed by atoms with Crippen LogP contribution in [0.5, 0.6) is 0 Å². The summed E-state index contributed by atoms with van der Waals surface area (Å²) < 4.78 is 1.53. The molecule has 0 atom stereocenters. The third kappa shape index (κ3) is 3.49. The van der Waals surface area contributed by atoms with Crippen LogP contribution in [0.4, 0.5) is 23.0 Å². The fourth-order valence-electron chi connectivity index (χ4n) is 1.80. The Kier molecular flexibility index (Phi) is 4.53. The lowest BCUT2D eigenvalue weighted by atomic mass is 10.2. The van der Waals surface area contributed by atoms with E-state index in [1.54, 1.807) is 0 Å². The normalized spacial score (nSPS) is 9.86. The summed E-state index contributed by atoms with van der Waals surface area (Å²) in [6, 6.07) is 17.3. The van der Waals surface area contributed by atoms with Crippen molar-refractivity contribution in [3.63, 3.8) is 0 Å². The number of aromatic nitrogens is 2. The number of aryl methyl sites for hydroxylation is 1. The number of nitrogens with two attached hydrogens (primary N) is 4. The van der Waals surface area contributed by atoms with Gasteiger partial charge in [0.1, 0.15) is 5.69 Å². The van der Waals surface area contributed by atoms with Crippen molar-refractivity contribution in [1.82, 2.24) is 9.78 Å². The van der Waals surface area contributed by atoms with Gasteiger partial charge in [-0.15, -0.1) is 5.10 Å². The molecular formula is C16H20N6. The minimum Gasteiger partial charge on any atom is -0.399 e. The molecule has 22 heavy (non-hydrogen) atoms. The largest absolute Gasteiger partial charge is 0.399 e. The van der Waals surface area contributed by atoms with Crippen LogP contribution >= 0.6 is 0 Å². The Bertz CT molecular complexity index is 731. The van der Waals surface area contributed by atoms with Crippen molar-refractivity contribution in [2.75, 3.05) is 22.9 Å². The highest BCUT2D eigenvalue weighted by Gasteiger charge is 2.10. The molecule has 0 fully saturated rings. The Morgan fingerprint density at radius 3 is 1.82 bits per heavy atom. The predicted molar refractivity (Wildman–Crippen MR) is 92.4 cm³/mol. The van der Waals surface area contributed by atoms with Crippen molar-refractivity contribution < 1.29 is 0 Å². The van der Waals surface area contributed by atoms with Gasteiger partial charge >= 0.3 is 0 Å². The zero-order chi connectivity index (χ0) is 16.1. The van der Waals surface area contributed by atoms with E-state index in [1.165, 1.54) is 10.2 Å². The number of nitrogen functional groups attached to an aromatic ring is 4. The van der Waals surface area contributed by atoms with Crippen LogP contribution in [0.2, 0.25) is 0 Å². The Balaban J connectivity index is 0.000000211. The van der Waals surface area contributed by atoms with E-state index < -0.39 is 0 Å². The monoisotopic (exact) mass is 296 g/mol. The van der Waals surface area contributed by atoms with Crippen LogP contribution < -0.4 is 22.9 Å². The summed E-state index contributed by atoms with van der Waals surface area (Å²) >= 11 is 0. The van der Waals surface area contributed by atoms with E-state index in [0.29, 0.717) is 11.5 Å². The molecule has 2 aromatic carbocycles. The lowest BCUT2D eigenvalue weighted by Crippen LogP contribution is -2.02. The molecular weight excluding hydrogens is 276 g/mol. The van der Waals surface area contributed by atoms with E-state index in [2.05, 4.69) is 5.10 Å². The van der Waals surface area contributed by atoms with Crippen LogP contribution in [-0.2, 0) is 0 Å². The standard InChI is InChI=1S/C10H13N5.C6H7N/c1-6-2-4-7(5-3-6)15-10(13)8(11)9(12)14-15;7-6-4-2-1-3-5-6/h2-5H,11,13H2,1H3,(H2,12,14);1-5H,7H2. The number of rotatable bonds is 1. The van der Waals surface area contributed by atoms with E-state index >= 15 is 0 Å². The molecule has 0 aliphatic heterocycles. The highest BCUT2D eigenvalue weighted by atomic mass is 15.3. The molecule has 8 N–H and O–H groups in total. The minimum absolute atomic E-state index is 0.257. The average Bonchev–Trinajstić information content (AvgIpc) is 2.77. The third-order valence-electron chi connectivity index (χ3n) is 3.07. The Morgan fingerprint density at radius 1 is 0.818 bits per heavy atom. The second-order valence-electron chi connectivity index (χ2n) is 4.84. The second-order valence-corrected chi connectivity index (χ2v) is 4.84. The summed E-state index contributed by atoms with van der Waals surface area (Å²) in [4.78, 5) is 0. The van der Waals surface area contributed by atoms with Gasteiger partial charge in [-0.05, 0) is 31.2 Å². The van der Waals surface area contributed by atoms with E-state index in [4.69, 9.17) is 22.9 Å². The minimum atomic E-state index is 0.257. The van der Waals surface area contributed by atoms with Crippen molar-refractivity contribution in [2.45, 2.75) is 6.92 Å². The van der Waals surface area contributed by atoms with Crippen molar-refractivity contribution in [2.24, 2.45) is 0 Å². The summed E-state index contributed by atoms with van der Waals surface area (Å²) in [6.45, 7) is 2.01. The molecule has 0 saturated carbocycles. The first-order valence-corrected chi connectivity index (χ1v) is 6.76. The van der Waals surface area contributed by atoms with Crippen LogP contribution in [0.25, 0.3) is 5.69 Å². The number of nitrogens with zero attached hydrogens (tertiary/aromatic N) is 2. The van der Waals surface area contributed by atoms with E-state index in [0.717, 1.165) is 11.4 Å². The molecule has 114 valence electrons. The molecule has 6 nitrogen and oxygen atoms in total.